The number of amides is 1. The number of hydrogen-bond donors (Lipinski definition) is 1. The van der Waals surface area contributed by atoms with E-state index in [-0.39, 0.29) is 5.91 Å². The van der Waals surface area contributed by atoms with Crippen LogP contribution in [0.15, 0.2) is 84.9 Å². The van der Waals surface area contributed by atoms with E-state index in [1.54, 1.807) is 24.3 Å². The molecule has 4 aromatic rings. The fourth-order valence-corrected chi connectivity index (χ4v) is 2.91. The van der Waals surface area contributed by atoms with Gasteiger partial charge in [-0.15, -0.1) is 0 Å². The average Bonchev–Trinajstić information content (AvgIpc) is 2.68. The van der Waals surface area contributed by atoms with Crippen LogP contribution in [0.25, 0.3) is 22.2 Å². The maximum absolute atomic E-state index is 12.4. The fraction of sp³-hybridized carbons (Fsp3) is 0. The van der Waals surface area contributed by atoms with Crippen LogP contribution in [-0.2, 0) is 0 Å². The summed E-state index contributed by atoms with van der Waals surface area (Å²) in [7, 11) is 0. The Morgan fingerprint density at radius 2 is 1.65 bits per heavy atom. The Morgan fingerprint density at radius 3 is 2.50 bits per heavy atom. The highest BCUT2D eigenvalue weighted by Crippen LogP contribution is 2.24. The Hall–Kier alpha value is -3.17. The van der Waals surface area contributed by atoms with E-state index in [4.69, 9.17) is 16.6 Å². The maximum Gasteiger partial charge on any atom is 0.255 e. The minimum Gasteiger partial charge on any atom is -0.322 e. The number of fused-ring (bicyclic) bond motifs is 1. The number of carbonyl (C=O) groups excluding carboxylic acids is 1. The van der Waals surface area contributed by atoms with E-state index in [0.717, 1.165) is 27.8 Å². The summed E-state index contributed by atoms with van der Waals surface area (Å²) < 4.78 is 0. The second kappa shape index (κ2) is 6.98. The van der Waals surface area contributed by atoms with Gasteiger partial charge in [0, 0.05) is 27.2 Å². The quantitative estimate of drug-likeness (QED) is 0.502. The summed E-state index contributed by atoms with van der Waals surface area (Å²) in [6.07, 6.45) is 0. The summed E-state index contributed by atoms with van der Waals surface area (Å²) in [4.78, 5) is 17.1. The minimum atomic E-state index is -0.176. The second-order valence-corrected chi connectivity index (χ2v) is 6.37. The molecule has 0 atom stereocenters. The molecule has 0 saturated carbocycles. The van der Waals surface area contributed by atoms with Gasteiger partial charge in [-0.25, -0.2) is 4.98 Å². The number of halogens is 1. The predicted octanol–water partition coefficient (Wildman–Crippen LogP) is 5.81. The van der Waals surface area contributed by atoms with Crippen LogP contribution in [0.5, 0.6) is 0 Å². The van der Waals surface area contributed by atoms with E-state index in [1.807, 2.05) is 54.6 Å². The molecule has 4 heteroatoms. The van der Waals surface area contributed by atoms with Gasteiger partial charge < -0.3 is 5.32 Å². The van der Waals surface area contributed by atoms with E-state index in [0.29, 0.717) is 10.6 Å². The van der Waals surface area contributed by atoms with Crippen molar-refractivity contribution in [2.24, 2.45) is 0 Å². The molecule has 0 aliphatic carbocycles. The highest BCUT2D eigenvalue weighted by molar-refractivity contribution is 6.30. The number of nitrogens with one attached hydrogen (secondary N) is 1. The van der Waals surface area contributed by atoms with Gasteiger partial charge in [0.15, 0.2) is 0 Å². The third kappa shape index (κ3) is 3.44. The maximum atomic E-state index is 12.4. The summed E-state index contributed by atoms with van der Waals surface area (Å²) in [5, 5.41) is 4.62. The highest BCUT2D eigenvalue weighted by atomic mass is 35.5. The molecule has 126 valence electrons. The Balaban J connectivity index is 1.61. The van der Waals surface area contributed by atoms with E-state index < -0.39 is 0 Å². The number of benzene rings is 3. The molecule has 0 saturated heterocycles. The Bertz CT molecular complexity index is 1090. The van der Waals surface area contributed by atoms with Gasteiger partial charge in [-0.2, -0.15) is 0 Å². The van der Waals surface area contributed by atoms with Crippen LogP contribution in [0.1, 0.15) is 10.4 Å². The topological polar surface area (TPSA) is 42.0 Å². The Labute approximate surface area is 156 Å². The van der Waals surface area contributed by atoms with Crippen LogP contribution in [0.4, 0.5) is 5.69 Å². The largest absolute Gasteiger partial charge is 0.322 e. The lowest BCUT2D eigenvalue weighted by atomic mass is 10.1. The third-order valence-electron chi connectivity index (χ3n) is 4.12. The highest BCUT2D eigenvalue weighted by Gasteiger charge is 2.07. The molecule has 0 aliphatic heterocycles. The molecule has 26 heavy (non-hydrogen) atoms. The van der Waals surface area contributed by atoms with Crippen LogP contribution >= 0.6 is 11.6 Å². The van der Waals surface area contributed by atoms with E-state index in [1.165, 1.54) is 0 Å². The first-order valence-corrected chi connectivity index (χ1v) is 8.60. The first-order valence-electron chi connectivity index (χ1n) is 8.22. The van der Waals surface area contributed by atoms with Crippen molar-refractivity contribution in [3.63, 3.8) is 0 Å². The molecule has 0 bridgehead atoms. The average molecular weight is 359 g/mol. The van der Waals surface area contributed by atoms with Crippen molar-refractivity contribution in [2.75, 3.05) is 5.32 Å². The lowest BCUT2D eigenvalue weighted by Crippen LogP contribution is -2.11. The van der Waals surface area contributed by atoms with Crippen LogP contribution in [0, 0.1) is 0 Å². The summed E-state index contributed by atoms with van der Waals surface area (Å²) in [6, 6.07) is 26.5. The summed E-state index contributed by atoms with van der Waals surface area (Å²) in [5.41, 5.74) is 4.04. The van der Waals surface area contributed by atoms with Crippen LogP contribution in [0.2, 0.25) is 5.02 Å². The molecule has 1 N–H and O–H groups in total. The minimum absolute atomic E-state index is 0.176. The van der Waals surface area contributed by atoms with Crippen LogP contribution in [0.3, 0.4) is 0 Å². The van der Waals surface area contributed by atoms with Crippen molar-refractivity contribution in [3.8, 4) is 11.3 Å². The molecule has 4 rings (SSSR count). The zero-order valence-electron chi connectivity index (χ0n) is 13.8. The monoisotopic (exact) mass is 358 g/mol. The molecule has 1 aromatic heterocycles. The van der Waals surface area contributed by atoms with Gasteiger partial charge in [0.05, 0.1) is 11.2 Å². The molecule has 3 nitrogen and oxygen atoms in total. The Kier molecular flexibility index (Phi) is 4.38. The molecule has 0 fully saturated rings. The van der Waals surface area contributed by atoms with Crippen molar-refractivity contribution in [1.82, 2.24) is 4.98 Å². The van der Waals surface area contributed by atoms with Crippen molar-refractivity contribution >= 4 is 34.1 Å². The molecular formula is C22H15ClN2O. The first kappa shape index (κ1) is 16.3. The van der Waals surface area contributed by atoms with Gasteiger partial charge in [-0.05, 0) is 48.5 Å². The van der Waals surface area contributed by atoms with Gasteiger partial charge in [-0.3, -0.25) is 4.79 Å². The van der Waals surface area contributed by atoms with Crippen molar-refractivity contribution in [1.29, 1.82) is 0 Å². The predicted molar refractivity (Wildman–Crippen MR) is 107 cm³/mol. The third-order valence-corrected chi connectivity index (χ3v) is 4.37. The summed E-state index contributed by atoms with van der Waals surface area (Å²) >= 11 is 5.87. The van der Waals surface area contributed by atoms with Crippen molar-refractivity contribution in [3.05, 3.63) is 95.5 Å². The zero-order valence-corrected chi connectivity index (χ0v) is 14.6. The molecule has 0 unspecified atom stereocenters. The van der Waals surface area contributed by atoms with Gasteiger partial charge >= 0.3 is 0 Å². The van der Waals surface area contributed by atoms with E-state index >= 15 is 0 Å². The molecule has 1 heterocycles. The molecule has 1 amide bonds. The van der Waals surface area contributed by atoms with E-state index in [2.05, 4.69) is 11.4 Å². The van der Waals surface area contributed by atoms with Gasteiger partial charge in [-0.1, -0.05) is 48.0 Å². The fourth-order valence-electron chi connectivity index (χ4n) is 2.79. The molecule has 0 radical (unpaired) electrons. The normalized spacial score (nSPS) is 10.7. The number of rotatable bonds is 3. The number of pyridine rings is 1. The van der Waals surface area contributed by atoms with Gasteiger partial charge in [0.25, 0.3) is 5.91 Å². The number of hydrogen-bond acceptors (Lipinski definition) is 2. The van der Waals surface area contributed by atoms with Crippen LogP contribution in [-0.4, -0.2) is 10.9 Å². The summed E-state index contributed by atoms with van der Waals surface area (Å²) in [6.45, 7) is 0. The SMILES string of the molecule is O=C(Nc1cccc(-c2ccc3ccccc3n2)c1)c1ccc(Cl)cc1. The van der Waals surface area contributed by atoms with Gasteiger partial charge in [0.1, 0.15) is 0 Å². The lowest BCUT2D eigenvalue weighted by Gasteiger charge is -2.08. The lowest BCUT2D eigenvalue weighted by molar-refractivity contribution is 0.102. The zero-order chi connectivity index (χ0) is 17.9. The number of anilines is 1. The van der Waals surface area contributed by atoms with Crippen molar-refractivity contribution in [2.45, 2.75) is 0 Å². The Morgan fingerprint density at radius 1 is 0.846 bits per heavy atom. The number of nitrogens with zero attached hydrogens (tertiary/aromatic N) is 1. The van der Waals surface area contributed by atoms with Crippen LogP contribution < -0.4 is 5.32 Å². The number of para-hydroxylation sites is 1. The molecular weight excluding hydrogens is 344 g/mol. The second-order valence-electron chi connectivity index (χ2n) is 5.93. The summed E-state index contributed by atoms with van der Waals surface area (Å²) in [5.74, 6) is -0.176. The smallest absolute Gasteiger partial charge is 0.255 e. The van der Waals surface area contributed by atoms with Crippen molar-refractivity contribution < 1.29 is 4.79 Å². The first-order chi connectivity index (χ1) is 12.7. The van der Waals surface area contributed by atoms with E-state index in [9.17, 15) is 4.79 Å². The molecule has 0 spiro atoms. The molecule has 3 aromatic carbocycles. The molecule has 0 aliphatic rings. The standard InChI is InChI=1S/C22H15ClN2O/c23-18-11-8-16(9-12-18)22(26)24-19-6-3-5-17(14-19)21-13-10-15-4-1-2-7-20(15)25-21/h1-14H,(H,24,26). The van der Waals surface area contributed by atoms with Gasteiger partial charge in [0.2, 0.25) is 0 Å². The number of carbonyl (C=O) groups is 1. The number of aromatic nitrogens is 1.